The lowest BCUT2D eigenvalue weighted by Crippen LogP contribution is -2.15. The number of nitrogens with zero attached hydrogens (tertiary/aromatic N) is 4. The molecule has 0 aliphatic heterocycles. The van der Waals surface area contributed by atoms with Crippen LogP contribution in [0, 0.1) is 0 Å². The number of carbonyl (C=O) groups excluding carboxylic acids is 1. The Balaban J connectivity index is 1.62. The number of aryl methyl sites for hydroxylation is 1. The molecule has 1 aromatic carbocycles. The highest BCUT2D eigenvalue weighted by Gasteiger charge is 2.35. The van der Waals surface area contributed by atoms with Crippen LogP contribution in [0.5, 0.6) is 5.75 Å². The van der Waals surface area contributed by atoms with Crippen molar-refractivity contribution in [2.45, 2.75) is 12.9 Å². The van der Waals surface area contributed by atoms with E-state index in [2.05, 4.69) is 31.4 Å². The molecule has 142 valence electrons. The van der Waals surface area contributed by atoms with Gasteiger partial charge in [-0.3, -0.25) is 9.48 Å². The quantitative estimate of drug-likeness (QED) is 0.652. The smallest absolute Gasteiger partial charge is 0.435 e. The van der Waals surface area contributed by atoms with E-state index in [1.807, 2.05) is 12.1 Å². The highest BCUT2D eigenvalue weighted by Crippen LogP contribution is 2.28. The molecule has 2 heterocycles. The number of hydrogen-bond donors (Lipinski definition) is 1. The number of nitrogens with one attached hydrogen (secondary N) is 1. The Morgan fingerprint density at radius 1 is 1.30 bits per heavy atom. The van der Waals surface area contributed by atoms with Crippen molar-refractivity contribution in [1.29, 1.82) is 0 Å². The van der Waals surface area contributed by atoms with Gasteiger partial charge in [0, 0.05) is 17.6 Å². The van der Waals surface area contributed by atoms with Gasteiger partial charge in [-0.1, -0.05) is 15.9 Å². The molecular formula is C16H13BrF3N5O2. The second kappa shape index (κ2) is 7.43. The lowest BCUT2D eigenvalue weighted by Gasteiger charge is -2.06. The average molecular weight is 444 g/mol. The van der Waals surface area contributed by atoms with E-state index < -0.39 is 17.8 Å². The molecule has 0 unspecified atom stereocenters. The molecule has 1 amide bonds. The third kappa shape index (κ3) is 4.67. The molecule has 27 heavy (non-hydrogen) atoms. The summed E-state index contributed by atoms with van der Waals surface area (Å²) >= 11 is 3.32. The van der Waals surface area contributed by atoms with Crippen LogP contribution in [0.4, 0.5) is 18.9 Å². The predicted octanol–water partition coefficient (Wildman–Crippen LogP) is 3.69. The van der Waals surface area contributed by atoms with Crippen LogP contribution in [0.1, 0.15) is 16.2 Å². The van der Waals surface area contributed by atoms with Gasteiger partial charge in [-0.25, -0.2) is 4.68 Å². The molecule has 0 bridgehead atoms. The number of carbonyl (C=O) groups is 1. The molecule has 0 aliphatic rings. The highest BCUT2D eigenvalue weighted by atomic mass is 79.9. The molecule has 3 rings (SSSR count). The Kier molecular flexibility index (Phi) is 5.22. The summed E-state index contributed by atoms with van der Waals surface area (Å²) in [4.78, 5) is 12.2. The first-order valence-corrected chi connectivity index (χ1v) is 8.35. The van der Waals surface area contributed by atoms with E-state index in [0.717, 1.165) is 9.15 Å². The second-order valence-corrected chi connectivity index (χ2v) is 6.40. The van der Waals surface area contributed by atoms with E-state index in [1.54, 1.807) is 12.1 Å². The van der Waals surface area contributed by atoms with Gasteiger partial charge in [0.1, 0.15) is 11.4 Å². The van der Waals surface area contributed by atoms with Crippen LogP contribution in [0.15, 0.2) is 47.2 Å². The lowest BCUT2D eigenvalue weighted by atomic mass is 10.3. The molecule has 11 heteroatoms. The number of amides is 1. The molecule has 7 nitrogen and oxygen atoms in total. The number of halogens is 4. The fourth-order valence-corrected chi connectivity index (χ4v) is 2.45. The maximum Gasteiger partial charge on any atom is 0.435 e. The van der Waals surface area contributed by atoms with Crippen LogP contribution >= 0.6 is 15.9 Å². The Morgan fingerprint density at radius 2 is 2.00 bits per heavy atom. The Labute approximate surface area is 159 Å². The van der Waals surface area contributed by atoms with E-state index in [4.69, 9.17) is 4.74 Å². The minimum Gasteiger partial charge on any atom is -0.471 e. The first-order valence-electron chi connectivity index (χ1n) is 7.56. The monoisotopic (exact) mass is 443 g/mol. The standard InChI is InChI=1S/C16H13BrF3N5O2/c1-24-13(6-14(23-24)16(18,19)20)15(26)22-11-7-21-25(8-11)9-27-12-4-2-10(17)3-5-12/h2-8H,9H2,1H3,(H,22,26). The van der Waals surface area contributed by atoms with Crippen molar-refractivity contribution in [2.24, 2.45) is 7.05 Å². The molecule has 0 saturated carbocycles. The fraction of sp³-hybridized carbons (Fsp3) is 0.188. The third-order valence-electron chi connectivity index (χ3n) is 3.47. The molecule has 0 saturated heterocycles. The number of rotatable bonds is 5. The SMILES string of the molecule is Cn1nc(C(F)(F)F)cc1C(=O)Nc1cnn(COc2ccc(Br)cc2)c1. The van der Waals surface area contributed by atoms with Crippen molar-refractivity contribution < 1.29 is 22.7 Å². The largest absolute Gasteiger partial charge is 0.471 e. The minimum absolute atomic E-state index is 0.0986. The normalized spacial score (nSPS) is 11.4. The number of anilines is 1. The maximum atomic E-state index is 12.7. The highest BCUT2D eigenvalue weighted by molar-refractivity contribution is 9.10. The summed E-state index contributed by atoms with van der Waals surface area (Å²) < 4.78 is 46.8. The van der Waals surface area contributed by atoms with E-state index in [0.29, 0.717) is 17.5 Å². The first kappa shape index (κ1) is 19.0. The Morgan fingerprint density at radius 3 is 2.63 bits per heavy atom. The Bertz CT molecular complexity index is 950. The number of benzene rings is 1. The summed E-state index contributed by atoms with van der Waals surface area (Å²) in [6, 6.07) is 7.89. The van der Waals surface area contributed by atoms with Gasteiger partial charge in [0.2, 0.25) is 0 Å². The van der Waals surface area contributed by atoms with Crippen LogP contribution < -0.4 is 10.1 Å². The minimum atomic E-state index is -4.62. The van der Waals surface area contributed by atoms with Gasteiger partial charge in [0.05, 0.1) is 18.1 Å². The first-order chi connectivity index (χ1) is 12.7. The van der Waals surface area contributed by atoms with Crippen LogP contribution in [0.25, 0.3) is 0 Å². The number of aromatic nitrogens is 4. The number of hydrogen-bond acceptors (Lipinski definition) is 4. The number of ether oxygens (including phenoxy) is 1. The van der Waals surface area contributed by atoms with Gasteiger partial charge in [-0.05, 0) is 24.3 Å². The van der Waals surface area contributed by atoms with Crippen molar-refractivity contribution >= 4 is 27.5 Å². The van der Waals surface area contributed by atoms with Crippen molar-refractivity contribution in [3.05, 3.63) is 58.6 Å². The summed E-state index contributed by atoms with van der Waals surface area (Å²) in [7, 11) is 1.26. The van der Waals surface area contributed by atoms with Crippen LogP contribution in [-0.4, -0.2) is 25.5 Å². The zero-order valence-corrected chi connectivity index (χ0v) is 15.5. The molecule has 0 aliphatic carbocycles. The molecule has 2 aromatic heterocycles. The molecular weight excluding hydrogens is 431 g/mol. The molecule has 0 spiro atoms. The van der Waals surface area contributed by atoms with Gasteiger partial charge >= 0.3 is 6.18 Å². The topological polar surface area (TPSA) is 74.0 Å². The second-order valence-electron chi connectivity index (χ2n) is 5.49. The average Bonchev–Trinajstić information content (AvgIpc) is 3.20. The lowest BCUT2D eigenvalue weighted by molar-refractivity contribution is -0.141. The number of alkyl halides is 3. The fourth-order valence-electron chi connectivity index (χ4n) is 2.18. The predicted molar refractivity (Wildman–Crippen MR) is 93.2 cm³/mol. The van der Waals surface area contributed by atoms with Crippen molar-refractivity contribution in [3.8, 4) is 5.75 Å². The van der Waals surface area contributed by atoms with E-state index >= 15 is 0 Å². The zero-order valence-electron chi connectivity index (χ0n) is 13.9. The van der Waals surface area contributed by atoms with Crippen LogP contribution in [0.3, 0.4) is 0 Å². The van der Waals surface area contributed by atoms with Gasteiger partial charge in [0.15, 0.2) is 12.4 Å². The van der Waals surface area contributed by atoms with Crippen molar-refractivity contribution in [2.75, 3.05) is 5.32 Å². The summed E-state index contributed by atoms with van der Waals surface area (Å²) in [5.41, 5.74) is -1.04. The summed E-state index contributed by atoms with van der Waals surface area (Å²) in [6.07, 6.45) is -1.76. The summed E-state index contributed by atoms with van der Waals surface area (Å²) in [5.74, 6) is -0.0947. The maximum absolute atomic E-state index is 12.7. The molecule has 1 N–H and O–H groups in total. The third-order valence-corrected chi connectivity index (χ3v) is 4.00. The molecule has 3 aromatic rings. The van der Waals surface area contributed by atoms with E-state index in [1.165, 1.54) is 24.1 Å². The van der Waals surface area contributed by atoms with Gasteiger partial charge in [-0.2, -0.15) is 23.4 Å². The molecule has 0 atom stereocenters. The Hall–Kier alpha value is -2.82. The van der Waals surface area contributed by atoms with Gasteiger partial charge in [-0.15, -0.1) is 0 Å². The summed E-state index contributed by atoms with van der Waals surface area (Å²) in [5, 5.41) is 9.81. The van der Waals surface area contributed by atoms with Gasteiger partial charge in [0.25, 0.3) is 5.91 Å². The molecule has 0 fully saturated rings. The summed E-state index contributed by atoms with van der Waals surface area (Å²) in [6.45, 7) is 0.0986. The van der Waals surface area contributed by atoms with E-state index in [9.17, 15) is 18.0 Å². The van der Waals surface area contributed by atoms with Crippen LogP contribution in [-0.2, 0) is 20.0 Å². The van der Waals surface area contributed by atoms with Crippen LogP contribution in [0.2, 0.25) is 0 Å². The van der Waals surface area contributed by atoms with Gasteiger partial charge < -0.3 is 10.1 Å². The van der Waals surface area contributed by atoms with Crippen molar-refractivity contribution in [3.63, 3.8) is 0 Å². The zero-order chi connectivity index (χ0) is 19.6. The molecule has 0 radical (unpaired) electrons. The van der Waals surface area contributed by atoms with Crippen molar-refractivity contribution in [1.82, 2.24) is 19.6 Å². The van der Waals surface area contributed by atoms with E-state index in [-0.39, 0.29) is 12.4 Å².